The van der Waals surface area contributed by atoms with Crippen LogP contribution in [0.25, 0.3) is 0 Å². The number of carbonyl (C=O) groups is 1. The Morgan fingerprint density at radius 2 is 1.92 bits per heavy atom. The number of anilines is 1. The van der Waals surface area contributed by atoms with E-state index in [2.05, 4.69) is 4.72 Å². The molecule has 0 aliphatic carbocycles. The average molecular weight is 381 g/mol. The molecule has 0 saturated carbocycles. The topological polar surface area (TPSA) is 75.7 Å². The molecule has 8 heteroatoms. The molecule has 0 saturated heterocycles. The maximum Gasteiger partial charge on any atom is 0.257 e. The van der Waals surface area contributed by atoms with Crippen LogP contribution in [-0.2, 0) is 15.8 Å². The van der Waals surface area contributed by atoms with Gasteiger partial charge in [0, 0.05) is 17.8 Å². The molecule has 1 aliphatic rings. The fraction of sp³-hybridized carbons (Fsp3) is 0.235. The molecule has 1 aliphatic heterocycles. The molecule has 25 heavy (non-hydrogen) atoms. The summed E-state index contributed by atoms with van der Waals surface area (Å²) >= 11 is 5.81. The highest BCUT2D eigenvalue weighted by molar-refractivity contribution is 7.91. The summed E-state index contributed by atoms with van der Waals surface area (Å²) in [5.74, 6) is 0.0623. The zero-order valence-electron chi connectivity index (χ0n) is 13.5. The standard InChI is InChI=1S/C17H17ClN2O4S/c1-20-8-9-24-16-7-6-14(10-15(16)17(20)21)19-25(22,23)11-12-2-4-13(18)5-3-12/h2-7,10,19H,8-9,11H2,1H3. The first-order valence-corrected chi connectivity index (χ1v) is 9.64. The molecule has 0 spiro atoms. The number of rotatable bonds is 4. The molecule has 0 fully saturated rings. The van der Waals surface area contributed by atoms with Crippen LogP contribution in [0.1, 0.15) is 15.9 Å². The van der Waals surface area contributed by atoms with E-state index in [0.29, 0.717) is 40.7 Å². The summed E-state index contributed by atoms with van der Waals surface area (Å²) in [6.45, 7) is 0.877. The van der Waals surface area contributed by atoms with E-state index in [4.69, 9.17) is 16.3 Å². The molecule has 0 bridgehead atoms. The number of benzene rings is 2. The number of amides is 1. The largest absolute Gasteiger partial charge is 0.491 e. The molecule has 1 amide bonds. The molecule has 1 N–H and O–H groups in total. The van der Waals surface area contributed by atoms with E-state index in [1.54, 1.807) is 43.4 Å². The number of carbonyl (C=O) groups excluding carboxylic acids is 1. The molecule has 0 atom stereocenters. The van der Waals surface area contributed by atoms with E-state index in [0.717, 1.165) is 0 Å². The van der Waals surface area contributed by atoms with Gasteiger partial charge < -0.3 is 9.64 Å². The van der Waals surface area contributed by atoms with Crippen molar-refractivity contribution >= 4 is 33.2 Å². The van der Waals surface area contributed by atoms with Gasteiger partial charge in [-0.15, -0.1) is 0 Å². The molecule has 6 nitrogen and oxygen atoms in total. The quantitative estimate of drug-likeness (QED) is 0.884. The van der Waals surface area contributed by atoms with Gasteiger partial charge in [-0.2, -0.15) is 0 Å². The number of nitrogens with one attached hydrogen (secondary N) is 1. The van der Waals surface area contributed by atoms with Crippen LogP contribution >= 0.6 is 11.6 Å². The van der Waals surface area contributed by atoms with Gasteiger partial charge in [0.05, 0.1) is 17.9 Å². The zero-order chi connectivity index (χ0) is 18.0. The van der Waals surface area contributed by atoms with E-state index < -0.39 is 10.0 Å². The number of nitrogens with zero attached hydrogens (tertiary/aromatic N) is 1. The molecule has 132 valence electrons. The van der Waals surface area contributed by atoms with Gasteiger partial charge in [0.1, 0.15) is 12.4 Å². The Bertz CT molecular complexity index is 897. The SMILES string of the molecule is CN1CCOc2ccc(NS(=O)(=O)Cc3ccc(Cl)cc3)cc2C1=O. The van der Waals surface area contributed by atoms with Crippen molar-refractivity contribution in [1.29, 1.82) is 0 Å². The van der Waals surface area contributed by atoms with E-state index in [1.165, 1.54) is 11.0 Å². The number of likely N-dealkylation sites (N-methyl/N-ethyl adjacent to an activating group) is 1. The number of hydrogen-bond acceptors (Lipinski definition) is 4. The average Bonchev–Trinajstić information content (AvgIpc) is 2.69. The summed E-state index contributed by atoms with van der Waals surface area (Å²) in [5, 5.41) is 0.544. The lowest BCUT2D eigenvalue weighted by Gasteiger charge is -2.13. The lowest BCUT2D eigenvalue weighted by molar-refractivity contribution is 0.0796. The van der Waals surface area contributed by atoms with Gasteiger partial charge in [-0.3, -0.25) is 9.52 Å². The highest BCUT2D eigenvalue weighted by Crippen LogP contribution is 2.27. The normalized spacial score (nSPS) is 14.5. The molecule has 0 unspecified atom stereocenters. The van der Waals surface area contributed by atoms with Crippen LogP contribution in [0.4, 0.5) is 5.69 Å². The number of ether oxygens (including phenoxy) is 1. The first-order valence-electron chi connectivity index (χ1n) is 7.61. The first-order chi connectivity index (χ1) is 11.8. The maximum atomic E-state index is 12.4. The van der Waals surface area contributed by atoms with Crippen molar-refractivity contribution in [3.8, 4) is 5.75 Å². The maximum absolute atomic E-state index is 12.4. The van der Waals surface area contributed by atoms with Crippen molar-refractivity contribution in [3.05, 3.63) is 58.6 Å². The summed E-state index contributed by atoms with van der Waals surface area (Å²) in [4.78, 5) is 13.9. The van der Waals surface area contributed by atoms with Crippen LogP contribution in [0.5, 0.6) is 5.75 Å². The number of halogens is 1. The third-order valence-electron chi connectivity index (χ3n) is 3.78. The minimum Gasteiger partial charge on any atom is -0.491 e. The highest BCUT2D eigenvalue weighted by Gasteiger charge is 2.22. The van der Waals surface area contributed by atoms with Crippen LogP contribution in [-0.4, -0.2) is 39.4 Å². The molecule has 1 heterocycles. The molecular weight excluding hydrogens is 364 g/mol. The third kappa shape index (κ3) is 4.24. The summed E-state index contributed by atoms with van der Waals surface area (Å²) < 4.78 is 32.8. The van der Waals surface area contributed by atoms with E-state index in [9.17, 15) is 13.2 Å². The summed E-state index contributed by atoms with van der Waals surface area (Å²) in [5.41, 5.74) is 1.28. The number of hydrogen-bond donors (Lipinski definition) is 1. The molecular formula is C17H17ClN2O4S. The van der Waals surface area contributed by atoms with Crippen LogP contribution in [0.2, 0.25) is 5.02 Å². The van der Waals surface area contributed by atoms with Crippen molar-refractivity contribution in [1.82, 2.24) is 4.90 Å². The van der Waals surface area contributed by atoms with Crippen LogP contribution < -0.4 is 9.46 Å². The van der Waals surface area contributed by atoms with E-state index >= 15 is 0 Å². The second-order valence-electron chi connectivity index (χ2n) is 5.77. The Morgan fingerprint density at radius 3 is 2.64 bits per heavy atom. The van der Waals surface area contributed by atoms with Gasteiger partial charge in [-0.05, 0) is 35.9 Å². The van der Waals surface area contributed by atoms with Gasteiger partial charge in [0.15, 0.2) is 0 Å². The van der Waals surface area contributed by atoms with Crippen molar-refractivity contribution in [2.45, 2.75) is 5.75 Å². The lowest BCUT2D eigenvalue weighted by Crippen LogP contribution is -2.27. The molecule has 3 rings (SSSR count). The first kappa shape index (κ1) is 17.6. The predicted molar refractivity (Wildman–Crippen MR) is 96.6 cm³/mol. The summed E-state index contributed by atoms with van der Waals surface area (Å²) in [6, 6.07) is 11.3. The predicted octanol–water partition coefficient (Wildman–Crippen LogP) is 2.75. The summed E-state index contributed by atoms with van der Waals surface area (Å²) in [7, 11) is -1.95. The van der Waals surface area contributed by atoms with Crippen LogP contribution in [0.3, 0.4) is 0 Å². The Hall–Kier alpha value is -2.25. The Labute approximate surface area is 151 Å². The van der Waals surface area contributed by atoms with Crippen LogP contribution in [0, 0.1) is 0 Å². The fourth-order valence-corrected chi connectivity index (χ4v) is 3.82. The highest BCUT2D eigenvalue weighted by atomic mass is 35.5. The van der Waals surface area contributed by atoms with Gasteiger partial charge >= 0.3 is 0 Å². The summed E-state index contributed by atoms with van der Waals surface area (Å²) in [6.07, 6.45) is 0. The minimum atomic E-state index is -3.63. The van der Waals surface area contributed by atoms with Crippen molar-refractivity contribution in [3.63, 3.8) is 0 Å². The monoisotopic (exact) mass is 380 g/mol. The lowest BCUT2D eigenvalue weighted by atomic mass is 10.1. The molecule has 2 aromatic carbocycles. The zero-order valence-corrected chi connectivity index (χ0v) is 15.1. The second-order valence-corrected chi connectivity index (χ2v) is 7.93. The van der Waals surface area contributed by atoms with E-state index in [1.807, 2.05) is 0 Å². The van der Waals surface area contributed by atoms with Crippen molar-refractivity contribution in [2.24, 2.45) is 0 Å². The number of fused-ring (bicyclic) bond motifs is 1. The fourth-order valence-electron chi connectivity index (χ4n) is 2.50. The van der Waals surface area contributed by atoms with Gasteiger partial charge in [-0.1, -0.05) is 23.7 Å². The second kappa shape index (κ2) is 6.93. The molecule has 2 aromatic rings. The van der Waals surface area contributed by atoms with Crippen molar-refractivity contribution < 1.29 is 17.9 Å². The van der Waals surface area contributed by atoms with E-state index in [-0.39, 0.29) is 11.7 Å². The Morgan fingerprint density at radius 1 is 1.20 bits per heavy atom. The van der Waals surface area contributed by atoms with Gasteiger partial charge in [-0.25, -0.2) is 8.42 Å². The minimum absolute atomic E-state index is 0.189. The van der Waals surface area contributed by atoms with Crippen LogP contribution in [0.15, 0.2) is 42.5 Å². The number of sulfonamides is 1. The molecule has 0 aromatic heterocycles. The molecule has 0 radical (unpaired) electrons. The van der Waals surface area contributed by atoms with Gasteiger partial charge in [0.2, 0.25) is 10.0 Å². The Kier molecular flexibility index (Phi) is 4.87. The third-order valence-corrected chi connectivity index (χ3v) is 5.30. The van der Waals surface area contributed by atoms with Crippen molar-refractivity contribution in [2.75, 3.05) is 24.9 Å². The van der Waals surface area contributed by atoms with Gasteiger partial charge in [0.25, 0.3) is 5.91 Å². The Balaban J connectivity index is 1.81. The smallest absolute Gasteiger partial charge is 0.257 e.